The van der Waals surface area contributed by atoms with E-state index in [2.05, 4.69) is 24.1 Å². The number of amides is 1. The molecule has 34 heavy (non-hydrogen) atoms. The highest BCUT2D eigenvalue weighted by Crippen LogP contribution is 2.38. The van der Waals surface area contributed by atoms with E-state index in [1.54, 1.807) is 14.0 Å². The number of thiophene rings is 1. The van der Waals surface area contributed by atoms with Crippen LogP contribution < -0.4 is 5.32 Å². The van der Waals surface area contributed by atoms with Crippen LogP contribution in [-0.2, 0) is 27.7 Å². The number of hydrogen-bond acceptors (Lipinski definition) is 7. The number of carbonyl (C=O) groups excluding carboxylic acids is 2. The first-order chi connectivity index (χ1) is 16.1. The number of sulfonamides is 1. The van der Waals surface area contributed by atoms with Gasteiger partial charge in [0.05, 0.1) is 17.1 Å². The number of esters is 1. The van der Waals surface area contributed by atoms with Crippen molar-refractivity contribution in [2.45, 2.75) is 63.6 Å². The fraction of sp³-hybridized carbons (Fsp3) is 0.500. The molecule has 0 bridgehead atoms. The Morgan fingerprint density at radius 3 is 2.50 bits per heavy atom. The minimum atomic E-state index is -3.58. The average molecular weight is 506 g/mol. The van der Waals surface area contributed by atoms with Crippen molar-refractivity contribution in [2.24, 2.45) is 0 Å². The van der Waals surface area contributed by atoms with E-state index < -0.39 is 21.9 Å². The van der Waals surface area contributed by atoms with Crippen LogP contribution >= 0.6 is 11.3 Å². The maximum atomic E-state index is 13.0. The lowest BCUT2D eigenvalue weighted by Crippen LogP contribution is -2.35. The summed E-state index contributed by atoms with van der Waals surface area (Å²) in [6, 6.07) is 6.35. The predicted molar refractivity (Wildman–Crippen MR) is 132 cm³/mol. The van der Waals surface area contributed by atoms with Crippen LogP contribution in [0.15, 0.2) is 29.2 Å². The van der Waals surface area contributed by atoms with E-state index in [0.29, 0.717) is 22.2 Å². The van der Waals surface area contributed by atoms with Crippen LogP contribution in [0, 0.1) is 0 Å². The minimum Gasteiger partial charge on any atom is -0.462 e. The Bertz CT molecular complexity index is 1180. The molecule has 1 aliphatic heterocycles. The van der Waals surface area contributed by atoms with Crippen molar-refractivity contribution in [1.29, 1.82) is 0 Å². The molecule has 10 heteroatoms. The van der Waals surface area contributed by atoms with Crippen LogP contribution in [0.25, 0.3) is 0 Å². The van der Waals surface area contributed by atoms with Gasteiger partial charge in [0.15, 0.2) is 0 Å². The summed E-state index contributed by atoms with van der Waals surface area (Å²) in [5.41, 5.74) is 1.70. The van der Waals surface area contributed by atoms with Crippen LogP contribution in [0.2, 0.25) is 0 Å². The van der Waals surface area contributed by atoms with Crippen LogP contribution in [0.4, 0.5) is 5.00 Å². The van der Waals surface area contributed by atoms with Gasteiger partial charge < -0.3 is 10.1 Å². The number of hydrogen-bond donors (Lipinski definition) is 1. The number of ether oxygens (including phenoxy) is 1. The molecule has 1 aliphatic carbocycles. The first kappa shape index (κ1) is 24.8. The summed E-state index contributed by atoms with van der Waals surface area (Å²) in [6.45, 7) is 7.85. The molecule has 1 fully saturated rings. The van der Waals surface area contributed by atoms with E-state index in [0.717, 1.165) is 42.8 Å². The highest BCUT2D eigenvalue weighted by molar-refractivity contribution is 7.89. The summed E-state index contributed by atoms with van der Waals surface area (Å²) in [6.07, 6.45) is 2.46. The molecule has 4 rings (SSSR count). The number of anilines is 1. The Morgan fingerprint density at radius 2 is 1.91 bits per heavy atom. The summed E-state index contributed by atoms with van der Waals surface area (Å²) in [5, 5.41) is 3.35. The molecule has 1 saturated carbocycles. The Morgan fingerprint density at radius 1 is 1.24 bits per heavy atom. The summed E-state index contributed by atoms with van der Waals surface area (Å²) in [4.78, 5) is 29.3. The number of carbonyl (C=O) groups is 2. The van der Waals surface area contributed by atoms with E-state index >= 15 is 0 Å². The predicted octanol–water partition coefficient (Wildman–Crippen LogP) is 3.73. The first-order valence-corrected chi connectivity index (χ1v) is 13.8. The van der Waals surface area contributed by atoms with Gasteiger partial charge in [-0.3, -0.25) is 9.69 Å². The second-order valence-corrected chi connectivity index (χ2v) is 12.1. The van der Waals surface area contributed by atoms with E-state index in [9.17, 15) is 18.0 Å². The Balaban J connectivity index is 1.57. The van der Waals surface area contributed by atoms with Gasteiger partial charge in [0, 0.05) is 42.7 Å². The van der Waals surface area contributed by atoms with Gasteiger partial charge in [0.2, 0.25) is 10.0 Å². The lowest BCUT2D eigenvalue weighted by atomic mass is 10.0. The van der Waals surface area contributed by atoms with Gasteiger partial charge in [0.25, 0.3) is 5.91 Å². The lowest BCUT2D eigenvalue weighted by molar-refractivity contribution is 0.0526. The molecule has 0 radical (unpaired) electrons. The molecule has 184 valence electrons. The molecule has 1 aromatic heterocycles. The second-order valence-electron chi connectivity index (χ2n) is 8.97. The first-order valence-electron chi connectivity index (χ1n) is 11.6. The average Bonchev–Trinajstić information content (AvgIpc) is 3.59. The highest BCUT2D eigenvalue weighted by Gasteiger charge is 2.35. The summed E-state index contributed by atoms with van der Waals surface area (Å²) < 4.78 is 32.1. The Labute approximate surface area is 204 Å². The van der Waals surface area contributed by atoms with Crippen molar-refractivity contribution in [1.82, 2.24) is 9.21 Å². The largest absolute Gasteiger partial charge is 0.462 e. The topological polar surface area (TPSA) is 96.0 Å². The Kier molecular flexibility index (Phi) is 7.14. The van der Waals surface area contributed by atoms with Gasteiger partial charge in [-0.15, -0.1) is 11.3 Å². The molecular weight excluding hydrogens is 474 g/mol. The summed E-state index contributed by atoms with van der Waals surface area (Å²) in [7, 11) is -1.99. The third kappa shape index (κ3) is 4.91. The highest BCUT2D eigenvalue weighted by atomic mass is 32.2. The molecule has 2 aromatic rings. The molecule has 1 aromatic carbocycles. The van der Waals surface area contributed by atoms with Crippen molar-refractivity contribution in [2.75, 3.05) is 25.5 Å². The van der Waals surface area contributed by atoms with Gasteiger partial charge in [-0.25, -0.2) is 13.2 Å². The van der Waals surface area contributed by atoms with E-state index in [1.807, 2.05) is 0 Å². The molecular formula is C24H31N3O5S2. The quantitative estimate of drug-likeness (QED) is 0.550. The van der Waals surface area contributed by atoms with Crippen LogP contribution in [0.5, 0.6) is 0 Å². The fourth-order valence-electron chi connectivity index (χ4n) is 4.13. The van der Waals surface area contributed by atoms with Gasteiger partial charge in [-0.2, -0.15) is 4.31 Å². The molecule has 1 N–H and O–H groups in total. The zero-order chi connectivity index (χ0) is 24.6. The van der Waals surface area contributed by atoms with Gasteiger partial charge in [-0.05, 0) is 69.9 Å². The van der Waals surface area contributed by atoms with E-state index in [-0.39, 0.29) is 17.5 Å². The zero-order valence-electron chi connectivity index (χ0n) is 20.0. The summed E-state index contributed by atoms with van der Waals surface area (Å²) in [5.74, 6) is -0.831. The van der Waals surface area contributed by atoms with Crippen LogP contribution in [0.1, 0.15) is 64.8 Å². The number of nitrogens with zero attached hydrogens (tertiary/aromatic N) is 2. The normalized spacial score (nSPS) is 16.5. The van der Waals surface area contributed by atoms with Crippen molar-refractivity contribution >= 4 is 38.2 Å². The smallest absolute Gasteiger partial charge is 0.341 e. The van der Waals surface area contributed by atoms with Gasteiger partial charge in [0.1, 0.15) is 5.00 Å². The molecule has 2 aliphatic rings. The standard InChI is InChI=1S/C24H31N3O5S2/c1-5-32-24(29)21-19-12-13-27(15(2)3)14-20(19)33-23(21)25-22(28)16-6-10-18(11-7-16)34(30,31)26(4)17-8-9-17/h6-7,10-11,15,17H,5,8-9,12-14H2,1-4H3,(H,25,28). The maximum Gasteiger partial charge on any atom is 0.341 e. The second kappa shape index (κ2) is 9.77. The van der Waals surface area contributed by atoms with Crippen molar-refractivity contribution < 1.29 is 22.7 Å². The van der Waals surface area contributed by atoms with Crippen molar-refractivity contribution in [3.63, 3.8) is 0 Å². The third-order valence-electron chi connectivity index (χ3n) is 6.38. The van der Waals surface area contributed by atoms with Crippen molar-refractivity contribution in [3.05, 3.63) is 45.8 Å². The Hall–Kier alpha value is -2.27. The van der Waals surface area contributed by atoms with Crippen molar-refractivity contribution in [3.8, 4) is 0 Å². The molecule has 0 spiro atoms. The minimum absolute atomic E-state index is 0.0609. The lowest BCUT2D eigenvalue weighted by Gasteiger charge is -2.30. The van der Waals surface area contributed by atoms with Crippen LogP contribution in [0.3, 0.4) is 0 Å². The van der Waals surface area contributed by atoms with Gasteiger partial charge >= 0.3 is 5.97 Å². The molecule has 2 heterocycles. The molecule has 1 amide bonds. The number of nitrogens with one attached hydrogen (secondary N) is 1. The monoisotopic (exact) mass is 505 g/mol. The van der Waals surface area contributed by atoms with E-state index in [1.165, 1.54) is 39.9 Å². The molecule has 0 atom stereocenters. The molecule has 8 nitrogen and oxygen atoms in total. The molecule has 0 unspecified atom stereocenters. The third-order valence-corrected chi connectivity index (χ3v) is 9.43. The number of benzene rings is 1. The maximum absolute atomic E-state index is 13.0. The SMILES string of the molecule is CCOC(=O)c1c(NC(=O)c2ccc(S(=O)(=O)N(C)C3CC3)cc2)sc2c1CCN(C(C)C)C2. The number of rotatable bonds is 8. The zero-order valence-corrected chi connectivity index (χ0v) is 21.6. The van der Waals surface area contributed by atoms with Gasteiger partial charge in [-0.1, -0.05) is 0 Å². The fourth-order valence-corrected chi connectivity index (χ4v) is 6.80. The van der Waals surface area contributed by atoms with E-state index in [4.69, 9.17) is 4.74 Å². The molecule has 0 saturated heterocycles. The van der Waals surface area contributed by atoms with Crippen LogP contribution in [-0.4, -0.2) is 61.8 Å². The summed E-state index contributed by atoms with van der Waals surface area (Å²) >= 11 is 1.40. The number of fused-ring (bicyclic) bond motifs is 1.